The van der Waals surface area contributed by atoms with Crippen molar-refractivity contribution in [3.63, 3.8) is 0 Å². The summed E-state index contributed by atoms with van der Waals surface area (Å²) in [5.74, 6) is 0. The Hall–Kier alpha value is -0.280. The van der Waals surface area contributed by atoms with E-state index in [2.05, 4.69) is 68.4 Å². The molecule has 0 bridgehead atoms. The van der Waals surface area contributed by atoms with Crippen molar-refractivity contribution in [2.24, 2.45) is 0 Å². The minimum atomic E-state index is 0.462. The van der Waals surface area contributed by atoms with E-state index in [9.17, 15) is 0 Å². The molecule has 1 aliphatic carbocycles. The maximum absolute atomic E-state index is 3.61. The van der Waals surface area contributed by atoms with Crippen LogP contribution in [0, 0.1) is 6.92 Å². The van der Waals surface area contributed by atoms with E-state index in [0.29, 0.717) is 6.04 Å². The summed E-state index contributed by atoms with van der Waals surface area (Å²) in [6.07, 6.45) is 8.23. The van der Waals surface area contributed by atoms with Gasteiger partial charge in [-0.25, -0.2) is 0 Å². The quantitative estimate of drug-likeness (QED) is 0.741. The molecule has 1 nitrogen and oxygen atoms in total. The lowest BCUT2D eigenvalue weighted by atomic mass is 10.0. The minimum Gasteiger partial charge on any atom is -0.377 e. The van der Waals surface area contributed by atoms with E-state index in [4.69, 9.17) is 0 Å². The number of hydrogen-bond acceptors (Lipinski definition) is 1. The Bertz CT molecular complexity index is 389. The molecule has 0 saturated heterocycles. The average molecular weight is 345 g/mol. The van der Waals surface area contributed by atoms with Crippen molar-refractivity contribution in [2.45, 2.75) is 32.2 Å². The van der Waals surface area contributed by atoms with Gasteiger partial charge in [0.05, 0.1) is 5.69 Å². The lowest BCUT2D eigenvalue weighted by Crippen LogP contribution is -2.19. The predicted molar refractivity (Wildman–Crippen MR) is 77.0 cm³/mol. The summed E-state index contributed by atoms with van der Waals surface area (Å²) in [6, 6.07) is 4.74. The first kappa shape index (κ1) is 12.2. The first-order chi connectivity index (χ1) is 7.66. The maximum atomic E-state index is 3.61. The predicted octanol–water partition coefficient (Wildman–Crippen LogP) is 5.04. The molecule has 0 aromatic heterocycles. The van der Waals surface area contributed by atoms with Gasteiger partial charge in [-0.05, 0) is 75.7 Å². The van der Waals surface area contributed by atoms with Gasteiger partial charge in [-0.2, -0.15) is 0 Å². The van der Waals surface area contributed by atoms with Crippen LogP contribution in [-0.4, -0.2) is 6.04 Å². The molecule has 1 N–H and O–H groups in total. The second kappa shape index (κ2) is 5.37. The van der Waals surface area contributed by atoms with Gasteiger partial charge in [-0.3, -0.25) is 0 Å². The maximum Gasteiger partial charge on any atom is 0.0633 e. The van der Waals surface area contributed by atoms with E-state index in [0.717, 1.165) is 14.6 Å². The fraction of sp³-hybridized carbons (Fsp3) is 0.385. The highest BCUT2D eigenvalue weighted by atomic mass is 79.9. The number of nitrogens with one attached hydrogen (secondary N) is 1. The van der Waals surface area contributed by atoms with Crippen molar-refractivity contribution < 1.29 is 0 Å². The van der Waals surface area contributed by atoms with Crippen LogP contribution in [0.3, 0.4) is 0 Å². The summed E-state index contributed by atoms with van der Waals surface area (Å²) in [5.41, 5.74) is 2.41. The highest BCUT2D eigenvalue weighted by Gasteiger charge is 2.12. The molecule has 1 unspecified atom stereocenters. The summed E-state index contributed by atoms with van der Waals surface area (Å²) in [7, 11) is 0. The molecule has 0 saturated carbocycles. The molecule has 0 spiro atoms. The van der Waals surface area contributed by atoms with Gasteiger partial charge in [0.1, 0.15) is 0 Å². The molecule has 1 aromatic carbocycles. The largest absolute Gasteiger partial charge is 0.377 e. The number of benzene rings is 1. The van der Waals surface area contributed by atoms with Gasteiger partial charge in [-0.1, -0.05) is 12.2 Å². The standard InChI is InChI=1S/C13H15Br2N/c1-9-7-11(14)13(12(15)8-9)16-10-5-3-2-4-6-10/h3,5,7-8,10,16H,2,4,6H2,1H3. The molecule has 1 aliphatic rings. The summed E-state index contributed by atoms with van der Waals surface area (Å²) in [4.78, 5) is 0. The van der Waals surface area contributed by atoms with Crippen LogP contribution < -0.4 is 5.32 Å². The molecule has 86 valence electrons. The van der Waals surface area contributed by atoms with Gasteiger partial charge >= 0.3 is 0 Å². The van der Waals surface area contributed by atoms with Crippen LogP contribution in [0.15, 0.2) is 33.2 Å². The van der Waals surface area contributed by atoms with Crippen molar-refractivity contribution in [3.05, 3.63) is 38.8 Å². The van der Waals surface area contributed by atoms with Gasteiger partial charge in [-0.15, -0.1) is 0 Å². The summed E-state index contributed by atoms with van der Waals surface area (Å²) >= 11 is 7.22. The van der Waals surface area contributed by atoms with Crippen LogP contribution in [0.4, 0.5) is 5.69 Å². The topological polar surface area (TPSA) is 12.0 Å². The third-order valence-electron chi connectivity index (χ3n) is 2.77. The second-order valence-corrected chi connectivity index (χ2v) is 5.92. The zero-order valence-electron chi connectivity index (χ0n) is 9.26. The highest BCUT2D eigenvalue weighted by molar-refractivity contribution is 9.11. The molecule has 0 amide bonds. The highest BCUT2D eigenvalue weighted by Crippen LogP contribution is 2.33. The van der Waals surface area contributed by atoms with Crippen molar-refractivity contribution in [1.29, 1.82) is 0 Å². The van der Waals surface area contributed by atoms with Crippen LogP contribution in [0.5, 0.6) is 0 Å². The Morgan fingerprint density at radius 3 is 2.50 bits per heavy atom. The number of halogens is 2. The molecule has 0 fully saturated rings. The average Bonchev–Trinajstić information content (AvgIpc) is 2.25. The van der Waals surface area contributed by atoms with Crippen LogP contribution in [0.2, 0.25) is 0 Å². The summed E-state index contributed by atoms with van der Waals surface area (Å²) in [6.45, 7) is 2.10. The van der Waals surface area contributed by atoms with Gasteiger partial charge in [0.2, 0.25) is 0 Å². The van der Waals surface area contributed by atoms with Gasteiger partial charge in [0, 0.05) is 15.0 Å². The molecule has 0 radical (unpaired) electrons. The van der Waals surface area contributed by atoms with E-state index in [1.807, 2.05) is 0 Å². The molecule has 0 aliphatic heterocycles. The van der Waals surface area contributed by atoms with Crippen molar-refractivity contribution >= 4 is 37.5 Å². The van der Waals surface area contributed by atoms with Gasteiger partial charge in [0.15, 0.2) is 0 Å². The van der Waals surface area contributed by atoms with E-state index >= 15 is 0 Å². The lowest BCUT2D eigenvalue weighted by molar-refractivity contribution is 0.673. The Labute approximate surface area is 114 Å². The van der Waals surface area contributed by atoms with Crippen molar-refractivity contribution in [1.82, 2.24) is 0 Å². The van der Waals surface area contributed by atoms with Crippen molar-refractivity contribution in [2.75, 3.05) is 5.32 Å². The van der Waals surface area contributed by atoms with E-state index in [-0.39, 0.29) is 0 Å². The smallest absolute Gasteiger partial charge is 0.0633 e. The Balaban J connectivity index is 2.20. The monoisotopic (exact) mass is 343 g/mol. The SMILES string of the molecule is Cc1cc(Br)c(NC2C=CCCC2)c(Br)c1. The Morgan fingerprint density at radius 2 is 1.94 bits per heavy atom. The second-order valence-electron chi connectivity index (χ2n) is 4.21. The van der Waals surface area contributed by atoms with Crippen LogP contribution in [0.25, 0.3) is 0 Å². The Morgan fingerprint density at radius 1 is 1.25 bits per heavy atom. The number of hydrogen-bond donors (Lipinski definition) is 1. The lowest BCUT2D eigenvalue weighted by Gasteiger charge is -2.21. The molecular formula is C13H15Br2N. The normalized spacial score (nSPS) is 19.8. The fourth-order valence-electron chi connectivity index (χ4n) is 1.96. The van der Waals surface area contributed by atoms with Crippen LogP contribution in [-0.2, 0) is 0 Å². The number of anilines is 1. The molecule has 16 heavy (non-hydrogen) atoms. The fourth-order valence-corrected chi connectivity index (χ4v) is 3.60. The minimum absolute atomic E-state index is 0.462. The van der Waals surface area contributed by atoms with E-state index in [1.165, 1.54) is 24.8 Å². The molecule has 2 rings (SSSR count). The zero-order chi connectivity index (χ0) is 11.5. The van der Waals surface area contributed by atoms with E-state index < -0.39 is 0 Å². The number of allylic oxidation sites excluding steroid dienone is 1. The van der Waals surface area contributed by atoms with Crippen LogP contribution >= 0.6 is 31.9 Å². The first-order valence-corrected chi connectivity index (χ1v) is 7.14. The number of rotatable bonds is 2. The van der Waals surface area contributed by atoms with Crippen molar-refractivity contribution in [3.8, 4) is 0 Å². The summed E-state index contributed by atoms with van der Waals surface area (Å²) < 4.78 is 2.25. The third kappa shape index (κ3) is 2.89. The Kier molecular flexibility index (Phi) is 4.09. The molecule has 1 atom stereocenters. The van der Waals surface area contributed by atoms with E-state index in [1.54, 1.807) is 0 Å². The van der Waals surface area contributed by atoms with Crippen LogP contribution in [0.1, 0.15) is 24.8 Å². The third-order valence-corrected chi connectivity index (χ3v) is 4.02. The molecular weight excluding hydrogens is 330 g/mol. The molecule has 0 heterocycles. The number of aryl methyl sites for hydroxylation is 1. The molecule has 1 aromatic rings. The first-order valence-electron chi connectivity index (χ1n) is 5.55. The summed E-state index contributed by atoms with van der Waals surface area (Å²) in [5, 5.41) is 3.56. The van der Waals surface area contributed by atoms with Gasteiger partial charge in [0.25, 0.3) is 0 Å². The zero-order valence-corrected chi connectivity index (χ0v) is 12.4. The molecule has 3 heteroatoms. The van der Waals surface area contributed by atoms with Gasteiger partial charge < -0.3 is 5.32 Å².